The van der Waals surface area contributed by atoms with E-state index in [0.717, 1.165) is 6.54 Å². The van der Waals surface area contributed by atoms with Gasteiger partial charge in [0.2, 0.25) is 0 Å². The molecule has 2 N–H and O–H groups in total. The maximum absolute atomic E-state index is 5.89. The quantitative estimate of drug-likeness (QED) is 0.521. The number of nitrogens with zero attached hydrogens (tertiary/aromatic N) is 2. The Morgan fingerprint density at radius 3 is 2.88 bits per heavy atom. The van der Waals surface area contributed by atoms with E-state index >= 15 is 0 Å². The number of rotatable bonds is 8. The van der Waals surface area contributed by atoms with Crippen molar-refractivity contribution in [2.24, 2.45) is 10.7 Å². The first-order valence-electron chi connectivity index (χ1n) is 6.95. The third-order valence-electron chi connectivity index (χ3n) is 3.20. The Balaban J connectivity index is 2.13. The molecule has 3 nitrogen and oxygen atoms in total. The predicted octanol–water partition coefficient (Wildman–Crippen LogP) is 2.92. The van der Waals surface area contributed by atoms with Gasteiger partial charge in [-0.15, -0.1) is 0 Å². The standard InChI is InChI=1S/C14H27N3/c1-3-4-5-6-7-8-9-10-14-16-11-12-17(14)13(2)15/h9-11,13-14H,3-8,12,15H2,1-2H3/b10-9+. The van der Waals surface area contributed by atoms with Gasteiger partial charge in [-0.3, -0.25) is 9.89 Å². The third kappa shape index (κ3) is 5.46. The second-order valence-corrected chi connectivity index (χ2v) is 4.81. The fraction of sp³-hybridized carbons (Fsp3) is 0.786. The van der Waals surface area contributed by atoms with Crippen LogP contribution in [-0.4, -0.2) is 30.0 Å². The second kappa shape index (κ2) is 8.43. The van der Waals surface area contributed by atoms with Crippen molar-refractivity contribution in [3.05, 3.63) is 12.2 Å². The molecule has 0 aromatic heterocycles. The number of aliphatic imine (C=N–C) groups is 1. The summed E-state index contributed by atoms with van der Waals surface area (Å²) in [6.07, 6.45) is 14.5. The van der Waals surface area contributed by atoms with Crippen LogP contribution in [0.2, 0.25) is 0 Å². The van der Waals surface area contributed by atoms with Gasteiger partial charge in [0.15, 0.2) is 0 Å². The molecular formula is C14H27N3. The van der Waals surface area contributed by atoms with Crippen LogP contribution in [0.25, 0.3) is 0 Å². The van der Waals surface area contributed by atoms with Gasteiger partial charge in [-0.05, 0) is 25.8 Å². The lowest BCUT2D eigenvalue weighted by Gasteiger charge is -2.24. The molecule has 1 aliphatic rings. The molecule has 1 heterocycles. The predicted molar refractivity (Wildman–Crippen MR) is 75.2 cm³/mol. The summed E-state index contributed by atoms with van der Waals surface area (Å²) in [5, 5.41) is 0. The molecule has 0 saturated heterocycles. The minimum atomic E-state index is 0.0803. The first kappa shape index (κ1) is 14.4. The molecule has 17 heavy (non-hydrogen) atoms. The molecule has 0 radical (unpaired) electrons. The Hall–Kier alpha value is -0.670. The van der Waals surface area contributed by atoms with E-state index in [-0.39, 0.29) is 12.3 Å². The summed E-state index contributed by atoms with van der Waals surface area (Å²) in [5.41, 5.74) is 5.89. The molecule has 0 aliphatic carbocycles. The highest BCUT2D eigenvalue weighted by Gasteiger charge is 2.20. The van der Waals surface area contributed by atoms with Crippen molar-refractivity contribution < 1.29 is 0 Å². The molecule has 0 saturated carbocycles. The van der Waals surface area contributed by atoms with E-state index in [4.69, 9.17) is 5.73 Å². The molecule has 2 unspecified atom stereocenters. The smallest absolute Gasteiger partial charge is 0.122 e. The molecule has 2 atom stereocenters. The van der Waals surface area contributed by atoms with Crippen molar-refractivity contribution in [3.8, 4) is 0 Å². The zero-order valence-corrected chi connectivity index (χ0v) is 11.3. The lowest BCUT2D eigenvalue weighted by molar-refractivity contribution is 0.224. The highest BCUT2D eigenvalue weighted by Crippen LogP contribution is 2.11. The molecule has 0 fully saturated rings. The SMILES string of the molecule is CCCCCCC/C=C/C1N=CCN1C(C)N. The van der Waals surface area contributed by atoms with Gasteiger partial charge in [0.25, 0.3) is 0 Å². The molecule has 98 valence electrons. The topological polar surface area (TPSA) is 41.6 Å². The molecule has 3 heteroatoms. The average molecular weight is 237 g/mol. The molecule has 0 aromatic rings. The van der Waals surface area contributed by atoms with E-state index in [1.165, 1.54) is 38.5 Å². The Labute approximate surface area is 106 Å². The summed E-state index contributed by atoms with van der Waals surface area (Å²) in [7, 11) is 0. The van der Waals surface area contributed by atoms with Gasteiger partial charge in [0.1, 0.15) is 6.17 Å². The van der Waals surface area contributed by atoms with Crippen molar-refractivity contribution in [3.63, 3.8) is 0 Å². The summed E-state index contributed by atoms with van der Waals surface area (Å²) in [4.78, 5) is 6.61. The van der Waals surface area contributed by atoms with Gasteiger partial charge in [-0.25, -0.2) is 0 Å². The van der Waals surface area contributed by atoms with Gasteiger partial charge in [-0.2, -0.15) is 0 Å². The molecular weight excluding hydrogens is 210 g/mol. The summed E-state index contributed by atoms with van der Waals surface area (Å²) in [6.45, 7) is 5.14. The van der Waals surface area contributed by atoms with Gasteiger partial charge in [0, 0.05) is 12.8 Å². The zero-order valence-electron chi connectivity index (χ0n) is 11.3. The molecule has 1 aliphatic heterocycles. The van der Waals surface area contributed by atoms with E-state index in [0.29, 0.717) is 0 Å². The summed E-state index contributed by atoms with van der Waals surface area (Å²) < 4.78 is 0. The number of hydrogen-bond acceptors (Lipinski definition) is 3. The van der Waals surface area contributed by atoms with Crippen LogP contribution in [-0.2, 0) is 0 Å². The maximum Gasteiger partial charge on any atom is 0.122 e. The Bertz CT molecular complexity index is 246. The Morgan fingerprint density at radius 2 is 2.18 bits per heavy atom. The zero-order chi connectivity index (χ0) is 12.5. The van der Waals surface area contributed by atoms with E-state index < -0.39 is 0 Å². The summed E-state index contributed by atoms with van der Waals surface area (Å²) >= 11 is 0. The minimum absolute atomic E-state index is 0.0803. The van der Waals surface area contributed by atoms with Crippen molar-refractivity contribution >= 4 is 6.21 Å². The second-order valence-electron chi connectivity index (χ2n) is 4.81. The lowest BCUT2D eigenvalue weighted by atomic mass is 10.1. The maximum atomic E-state index is 5.89. The van der Waals surface area contributed by atoms with E-state index in [9.17, 15) is 0 Å². The van der Waals surface area contributed by atoms with Crippen molar-refractivity contribution in [2.75, 3.05) is 6.54 Å². The monoisotopic (exact) mass is 237 g/mol. The highest BCUT2D eigenvalue weighted by molar-refractivity contribution is 5.62. The number of nitrogens with two attached hydrogens (primary N) is 1. The fourth-order valence-electron chi connectivity index (χ4n) is 2.09. The van der Waals surface area contributed by atoms with Crippen LogP contribution in [0.4, 0.5) is 0 Å². The van der Waals surface area contributed by atoms with Crippen LogP contribution in [0.5, 0.6) is 0 Å². The molecule has 0 spiro atoms. The van der Waals surface area contributed by atoms with Gasteiger partial charge in [0.05, 0.1) is 6.17 Å². The summed E-state index contributed by atoms with van der Waals surface area (Å²) in [6, 6.07) is 0. The van der Waals surface area contributed by atoms with Gasteiger partial charge < -0.3 is 5.73 Å². The molecule has 0 bridgehead atoms. The van der Waals surface area contributed by atoms with Gasteiger partial charge >= 0.3 is 0 Å². The first-order valence-corrected chi connectivity index (χ1v) is 6.95. The molecule has 1 rings (SSSR count). The number of unbranched alkanes of at least 4 members (excludes halogenated alkanes) is 5. The van der Waals surface area contributed by atoms with Crippen molar-refractivity contribution in [1.82, 2.24) is 4.90 Å². The van der Waals surface area contributed by atoms with Crippen LogP contribution < -0.4 is 5.73 Å². The van der Waals surface area contributed by atoms with Crippen LogP contribution in [0, 0.1) is 0 Å². The fourth-order valence-corrected chi connectivity index (χ4v) is 2.09. The first-order chi connectivity index (χ1) is 8.25. The van der Waals surface area contributed by atoms with Crippen LogP contribution in [0.15, 0.2) is 17.1 Å². The van der Waals surface area contributed by atoms with Crippen LogP contribution in [0.3, 0.4) is 0 Å². The number of hydrogen-bond donors (Lipinski definition) is 1. The van der Waals surface area contributed by atoms with Crippen LogP contribution >= 0.6 is 0 Å². The van der Waals surface area contributed by atoms with E-state index in [1.807, 2.05) is 13.1 Å². The van der Waals surface area contributed by atoms with E-state index in [1.54, 1.807) is 0 Å². The normalized spacial score (nSPS) is 22.6. The number of allylic oxidation sites excluding steroid dienone is 1. The molecule has 0 aromatic carbocycles. The molecule has 0 amide bonds. The largest absolute Gasteiger partial charge is 0.316 e. The summed E-state index contributed by atoms with van der Waals surface area (Å²) in [5.74, 6) is 0. The van der Waals surface area contributed by atoms with Crippen LogP contribution in [0.1, 0.15) is 52.4 Å². The van der Waals surface area contributed by atoms with Crippen molar-refractivity contribution in [2.45, 2.75) is 64.7 Å². The van der Waals surface area contributed by atoms with Crippen molar-refractivity contribution in [1.29, 1.82) is 0 Å². The minimum Gasteiger partial charge on any atom is -0.316 e. The third-order valence-corrected chi connectivity index (χ3v) is 3.20. The highest BCUT2D eigenvalue weighted by atomic mass is 15.3. The van der Waals surface area contributed by atoms with E-state index in [2.05, 4.69) is 29.0 Å². The Morgan fingerprint density at radius 1 is 1.41 bits per heavy atom. The average Bonchev–Trinajstić information content (AvgIpc) is 2.76. The lowest BCUT2D eigenvalue weighted by Crippen LogP contribution is -2.42. The Kier molecular flexibility index (Phi) is 7.13. The van der Waals surface area contributed by atoms with Gasteiger partial charge in [-0.1, -0.05) is 38.7 Å².